The number of carbonyl (C=O) groups excluding carboxylic acids is 1. The van der Waals surface area contributed by atoms with E-state index in [1.165, 1.54) is 17.6 Å². The Morgan fingerprint density at radius 3 is 2.67 bits per heavy atom. The zero-order valence-electron chi connectivity index (χ0n) is 15.7. The maximum absolute atomic E-state index is 12.3. The van der Waals surface area contributed by atoms with Crippen molar-refractivity contribution < 1.29 is 9.53 Å². The third-order valence-corrected chi connectivity index (χ3v) is 6.07. The maximum Gasteiger partial charge on any atom is 0.323 e. The van der Waals surface area contributed by atoms with Gasteiger partial charge in [-0.2, -0.15) is 0 Å². The highest BCUT2D eigenvalue weighted by Crippen LogP contribution is 2.25. The summed E-state index contributed by atoms with van der Waals surface area (Å²) in [6.07, 6.45) is 2.81. The van der Waals surface area contributed by atoms with Gasteiger partial charge in [0.15, 0.2) is 0 Å². The van der Waals surface area contributed by atoms with Gasteiger partial charge in [0.2, 0.25) is 0 Å². The van der Waals surface area contributed by atoms with E-state index in [2.05, 4.69) is 40.7 Å². The summed E-state index contributed by atoms with van der Waals surface area (Å²) < 4.78 is 5.03. The summed E-state index contributed by atoms with van der Waals surface area (Å²) in [5, 5.41) is 4.31. The van der Waals surface area contributed by atoms with E-state index in [-0.39, 0.29) is 18.1 Å². The largest absolute Gasteiger partial charge is 0.468 e. The number of likely N-dealkylation sites (tertiary alicyclic amines) is 1. The van der Waals surface area contributed by atoms with Gasteiger partial charge in [-0.25, -0.2) is 0 Å². The fraction of sp³-hybridized carbons (Fsp3) is 0.381. The number of hydrogen-bond acceptors (Lipinski definition) is 5. The van der Waals surface area contributed by atoms with Crippen molar-refractivity contribution in [2.75, 3.05) is 19.9 Å². The molecule has 1 N–H and O–H groups in total. The minimum absolute atomic E-state index is 0.185. The molecular formula is C21H25ClN2O2S. The number of hydrogen-bond donors (Lipinski definition) is 1. The predicted octanol–water partition coefficient (Wildman–Crippen LogP) is 3.97. The lowest BCUT2D eigenvalue weighted by atomic mass is 10.1. The monoisotopic (exact) mass is 404 g/mol. The van der Waals surface area contributed by atoms with Crippen LogP contribution in [0.2, 0.25) is 5.02 Å². The molecule has 1 saturated heterocycles. The van der Waals surface area contributed by atoms with Crippen molar-refractivity contribution in [2.24, 2.45) is 0 Å². The molecular weight excluding hydrogens is 380 g/mol. The van der Waals surface area contributed by atoms with Crippen LogP contribution in [0.1, 0.15) is 17.5 Å². The summed E-state index contributed by atoms with van der Waals surface area (Å²) in [4.78, 5) is 15.7. The molecule has 1 aliphatic rings. The van der Waals surface area contributed by atoms with Crippen LogP contribution in [0.3, 0.4) is 0 Å². The molecule has 1 fully saturated rings. The van der Waals surface area contributed by atoms with Gasteiger partial charge in [0.05, 0.1) is 7.11 Å². The van der Waals surface area contributed by atoms with Crippen molar-refractivity contribution in [1.82, 2.24) is 10.2 Å². The fourth-order valence-electron chi connectivity index (χ4n) is 3.46. The van der Waals surface area contributed by atoms with E-state index in [0.717, 1.165) is 30.1 Å². The highest BCUT2D eigenvalue weighted by Gasteiger charge is 2.37. The number of nitrogens with one attached hydrogen (secondary N) is 1. The average molecular weight is 405 g/mol. The first-order valence-electron chi connectivity index (χ1n) is 9.02. The molecule has 0 aliphatic carbocycles. The molecule has 2 aromatic carbocycles. The van der Waals surface area contributed by atoms with Crippen LogP contribution in [0.4, 0.5) is 0 Å². The first-order chi connectivity index (χ1) is 13.1. The second kappa shape index (κ2) is 9.60. The van der Waals surface area contributed by atoms with Gasteiger partial charge in [-0.05, 0) is 42.0 Å². The Hall–Kier alpha value is -1.53. The third kappa shape index (κ3) is 5.26. The van der Waals surface area contributed by atoms with Gasteiger partial charge in [0.25, 0.3) is 0 Å². The Morgan fingerprint density at radius 1 is 1.26 bits per heavy atom. The second-order valence-corrected chi connectivity index (χ2v) is 8.01. The molecule has 0 bridgehead atoms. The van der Waals surface area contributed by atoms with Crippen LogP contribution < -0.4 is 5.32 Å². The molecule has 0 unspecified atom stereocenters. The summed E-state index contributed by atoms with van der Waals surface area (Å²) in [6.45, 7) is 2.21. The van der Waals surface area contributed by atoms with Crippen LogP contribution in [0.25, 0.3) is 0 Å². The SMILES string of the molecule is COC(=O)[C@@H]1C[C@H](NCc2ccc(SC)cc2)CN1Cc1ccccc1Cl. The van der Waals surface area contributed by atoms with E-state index >= 15 is 0 Å². The molecule has 0 radical (unpaired) electrons. The van der Waals surface area contributed by atoms with Crippen LogP contribution in [0.5, 0.6) is 0 Å². The highest BCUT2D eigenvalue weighted by molar-refractivity contribution is 7.98. The van der Waals surface area contributed by atoms with Crippen LogP contribution in [0, 0.1) is 0 Å². The topological polar surface area (TPSA) is 41.6 Å². The van der Waals surface area contributed by atoms with Crippen molar-refractivity contribution in [3.8, 4) is 0 Å². The summed E-state index contributed by atoms with van der Waals surface area (Å²) in [6, 6.07) is 16.3. The summed E-state index contributed by atoms with van der Waals surface area (Å²) in [5.74, 6) is -0.185. The van der Waals surface area contributed by atoms with Gasteiger partial charge in [0.1, 0.15) is 6.04 Å². The minimum Gasteiger partial charge on any atom is -0.468 e. The van der Waals surface area contributed by atoms with Crippen molar-refractivity contribution in [1.29, 1.82) is 0 Å². The second-order valence-electron chi connectivity index (χ2n) is 6.72. The number of halogens is 1. The molecule has 2 atom stereocenters. The molecule has 2 aromatic rings. The van der Waals surface area contributed by atoms with Gasteiger partial charge in [-0.1, -0.05) is 41.9 Å². The van der Waals surface area contributed by atoms with E-state index in [4.69, 9.17) is 16.3 Å². The van der Waals surface area contributed by atoms with Crippen LogP contribution in [-0.2, 0) is 22.6 Å². The van der Waals surface area contributed by atoms with Gasteiger partial charge >= 0.3 is 5.97 Å². The highest BCUT2D eigenvalue weighted by atomic mass is 35.5. The molecule has 4 nitrogen and oxygen atoms in total. The molecule has 0 amide bonds. The van der Waals surface area contributed by atoms with E-state index in [9.17, 15) is 4.79 Å². The smallest absolute Gasteiger partial charge is 0.323 e. The molecule has 3 rings (SSSR count). The zero-order valence-corrected chi connectivity index (χ0v) is 17.2. The van der Waals surface area contributed by atoms with Gasteiger partial charge < -0.3 is 10.1 Å². The first-order valence-corrected chi connectivity index (χ1v) is 10.6. The number of benzene rings is 2. The summed E-state index contributed by atoms with van der Waals surface area (Å²) >= 11 is 8.05. The normalized spacial score (nSPS) is 20.0. The lowest BCUT2D eigenvalue weighted by Gasteiger charge is -2.22. The Morgan fingerprint density at radius 2 is 2.00 bits per heavy atom. The lowest BCUT2D eigenvalue weighted by Crippen LogP contribution is -2.36. The minimum atomic E-state index is -0.248. The van der Waals surface area contributed by atoms with E-state index in [1.807, 2.05) is 24.3 Å². The number of thioether (sulfide) groups is 1. The van der Waals surface area contributed by atoms with Crippen LogP contribution in [-0.4, -0.2) is 42.9 Å². The van der Waals surface area contributed by atoms with Crippen molar-refractivity contribution in [3.63, 3.8) is 0 Å². The van der Waals surface area contributed by atoms with Crippen molar-refractivity contribution in [2.45, 2.75) is 36.5 Å². The van der Waals surface area contributed by atoms with Gasteiger partial charge in [-0.15, -0.1) is 11.8 Å². The summed E-state index contributed by atoms with van der Waals surface area (Å²) in [5.41, 5.74) is 2.27. The molecule has 6 heteroatoms. The molecule has 0 aromatic heterocycles. The van der Waals surface area contributed by atoms with E-state index < -0.39 is 0 Å². The average Bonchev–Trinajstić information content (AvgIpc) is 3.10. The zero-order chi connectivity index (χ0) is 19.2. The fourth-order valence-corrected chi connectivity index (χ4v) is 4.06. The standard InChI is InChI=1S/C21H25ClN2O2S/c1-26-21(25)20-11-17(23-12-15-7-9-18(27-2)10-8-15)14-24(20)13-16-5-3-4-6-19(16)22/h3-10,17,20,23H,11-14H2,1-2H3/t17-,20-/m0/s1. The molecule has 1 heterocycles. The number of rotatable bonds is 7. The molecule has 1 aliphatic heterocycles. The Balaban J connectivity index is 1.63. The van der Waals surface area contributed by atoms with Gasteiger partial charge in [-0.3, -0.25) is 9.69 Å². The molecule has 0 saturated carbocycles. The molecule has 0 spiro atoms. The first kappa shape index (κ1) is 20.2. The van der Waals surface area contributed by atoms with Crippen molar-refractivity contribution >= 4 is 29.3 Å². The van der Waals surface area contributed by atoms with Crippen molar-refractivity contribution in [3.05, 3.63) is 64.7 Å². The molecule has 144 valence electrons. The third-order valence-electron chi connectivity index (χ3n) is 4.96. The quantitative estimate of drug-likeness (QED) is 0.558. The number of esters is 1. The van der Waals surface area contributed by atoms with E-state index in [1.54, 1.807) is 11.8 Å². The lowest BCUT2D eigenvalue weighted by molar-refractivity contribution is -0.146. The van der Waals surface area contributed by atoms with Gasteiger partial charge in [0, 0.05) is 35.6 Å². The van der Waals surface area contributed by atoms with E-state index in [0.29, 0.717) is 6.54 Å². The number of nitrogens with zero attached hydrogens (tertiary/aromatic N) is 1. The number of ether oxygens (including phenoxy) is 1. The van der Waals surface area contributed by atoms with Crippen LogP contribution >= 0.6 is 23.4 Å². The summed E-state index contributed by atoms with van der Waals surface area (Å²) in [7, 11) is 1.45. The Labute approximate surface area is 170 Å². The predicted molar refractivity (Wildman–Crippen MR) is 111 cm³/mol. The Kier molecular flexibility index (Phi) is 7.19. The number of carbonyl (C=O) groups is 1. The number of methoxy groups -OCH3 is 1. The Bertz CT molecular complexity index is 769. The van der Waals surface area contributed by atoms with Crippen LogP contribution in [0.15, 0.2) is 53.4 Å². The molecule has 27 heavy (non-hydrogen) atoms. The maximum atomic E-state index is 12.3.